The van der Waals surface area contributed by atoms with Gasteiger partial charge in [0.1, 0.15) is 11.5 Å². The van der Waals surface area contributed by atoms with Crippen LogP contribution in [0.4, 0.5) is 11.5 Å². The molecule has 2 aromatic heterocycles. The Morgan fingerprint density at radius 2 is 2.16 bits per heavy atom. The van der Waals surface area contributed by atoms with Crippen LogP contribution >= 0.6 is 11.6 Å². The second-order valence-electron chi connectivity index (χ2n) is 3.92. The van der Waals surface area contributed by atoms with E-state index in [1.165, 1.54) is 26.2 Å². The molecule has 0 spiro atoms. The normalized spacial score (nSPS) is 10.3. The molecule has 0 aromatic carbocycles. The summed E-state index contributed by atoms with van der Waals surface area (Å²) >= 11 is 5.78. The minimum absolute atomic E-state index is 0.0677. The zero-order valence-electron chi connectivity index (χ0n) is 10.3. The Hall–Kier alpha value is -2.21. The van der Waals surface area contributed by atoms with Crippen LogP contribution in [0, 0.1) is 0 Å². The van der Waals surface area contributed by atoms with Crippen molar-refractivity contribution >= 4 is 28.9 Å². The number of nitrogens with zero attached hydrogens (tertiary/aromatic N) is 3. The Balaban J connectivity index is 2.31. The fourth-order valence-electron chi connectivity index (χ4n) is 1.48. The monoisotopic (exact) mass is 278 g/mol. The third-order valence-corrected chi connectivity index (χ3v) is 2.65. The summed E-state index contributed by atoms with van der Waals surface area (Å²) in [5.41, 5.74) is 0.457. The Labute approximate surface area is 114 Å². The Morgan fingerprint density at radius 3 is 2.74 bits per heavy atom. The van der Waals surface area contributed by atoms with Crippen molar-refractivity contribution in [3.63, 3.8) is 0 Å². The van der Waals surface area contributed by atoms with Gasteiger partial charge < -0.3 is 5.32 Å². The molecule has 2 heterocycles. The topological polar surface area (TPSA) is 76.9 Å². The number of nitrogens with one attached hydrogen (secondary N) is 1. The fourth-order valence-corrected chi connectivity index (χ4v) is 1.70. The maximum Gasteiger partial charge on any atom is 0.290 e. The van der Waals surface area contributed by atoms with Gasteiger partial charge in [-0.3, -0.25) is 9.59 Å². The van der Waals surface area contributed by atoms with Crippen LogP contribution in [0.3, 0.4) is 0 Å². The highest BCUT2D eigenvalue weighted by atomic mass is 35.5. The first-order valence-electron chi connectivity index (χ1n) is 5.45. The Bertz CT molecular complexity index is 679. The minimum atomic E-state index is -0.318. The molecule has 0 amide bonds. The van der Waals surface area contributed by atoms with Gasteiger partial charge in [0.2, 0.25) is 0 Å². The van der Waals surface area contributed by atoms with Crippen molar-refractivity contribution in [3.05, 3.63) is 45.5 Å². The van der Waals surface area contributed by atoms with Crippen molar-refractivity contribution < 1.29 is 4.79 Å². The number of ketones is 1. The fraction of sp³-hybridized carbons (Fsp3) is 0.167. The summed E-state index contributed by atoms with van der Waals surface area (Å²) in [6, 6.07) is 4.67. The smallest absolute Gasteiger partial charge is 0.290 e. The zero-order chi connectivity index (χ0) is 14.0. The molecular formula is C12H11ClN4O2. The van der Waals surface area contributed by atoms with Crippen LogP contribution in [0.25, 0.3) is 0 Å². The first kappa shape index (κ1) is 13.2. The lowest BCUT2D eigenvalue weighted by Gasteiger charge is -2.06. The van der Waals surface area contributed by atoms with Crippen molar-refractivity contribution in [2.24, 2.45) is 7.05 Å². The van der Waals surface area contributed by atoms with Gasteiger partial charge in [0.05, 0.1) is 0 Å². The standard InChI is InChI=1S/C12H11ClN4O2/c1-7(18)8-3-4-11(14-6-8)15-9-5-10(13)16-17(2)12(9)19/h3-6H,1-2H3,(H,14,15). The zero-order valence-corrected chi connectivity index (χ0v) is 11.1. The van der Waals surface area contributed by atoms with E-state index in [2.05, 4.69) is 15.4 Å². The van der Waals surface area contributed by atoms with Gasteiger partial charge in [-0.2, -0.15) is 5.10 Å². The lowest BCUT2D eigenvalue weighted by molar-refractivity contribution is 0.101. The first-order chi connectivity index (χ1) is 8.97. The van der Waals surface area contributed by atoms with E-state index >= 15 is 0 Å². The number of carbonyl (C=O) groups is 1. The second-order valence-corrected chi connectivity index (χ2v) is 4.31. The number of rotatable bonds is 3. The van der Waals surface area contributed by atoms with Gasteiger partial charge in [-0.05, 0) is 19.1 Å². The quantitative estimate of drug-likeness (QED) is 0.866. The molecule has 0 fully saturated rings. The number of pyridine rings is 1. The van der Waals surface area contributed by atoms with Crippen molar-refractivity contribution in [1.82, 2.24) is 14.8 Å². The van der Waals surface area contributed by atoms with Crippen LogP contribution in [0.15, 0.2) is 29.2 Å². The van der Waals surface area contributed by atoms with Crippen molar-refractivity contribution in [2.75, 3.05) is 5.32 Å². The van der Waals surface area contributed by atoms with Crippen molar-refractivity contribution in [3.8, 4) is 0 Å². The SMILES string of the molecule is CC(=O)c1ccc(Nc2cc(Cl)nn(C)c2=O)nc1. The van der Waals surface area contributed by atoms with E-state index in [1.54, 1.807) is 12.1 Å². The summed E-state index contributed by atoms with van der Waals surface area (Å²) in [5, 5.41) is 6.82. The van der Waals surface area contributed by atoms with E-state index < -0.39 is 0 Å². The summed E-state index contributed by atoms with van der Waals surface area (Å²) in [7, 11) is 1.51. The highest BCUT2D eigenvalue weighted by molar-refractivity contribution is 6.29. The summed E-state index contributed by atoms with van der Waals surface area (Å²) in [5.74, 6) is 0.381. The summed E-state index contributed by atoms with van der Waals surface area (Å²) in [6.45, 7) is 1.46. The Kier molecular flexibility index (Phi) is 3.62. The molecule has 1 N–H and O–H groups in total. The molecule has 0 saturated heterocycles. The third kappa shape index (κ3) is 2.97. The molecule has 7 heteroatoms. The van der Waals surface area contributed by atoms with Crippen molar-refractivity contribution in [2.45, 2.75) is 6.92 Å². The number of halogens is 1. The van der Waals surface area contributed by atoms with E-state index in [0.29, 0.717) is 11.4 Å². The summed E-state index contributed by atoms with van der Waals surface area (Å²) in [4.78, 5) is 27.0. The average molecular weight is 279 g/mol. The number of hydrogen-bond acceptors (Lipinski definition) is 5. The average Bonchev–Trinajstić information content (AvgIpc) is 2.36. The van der Waals surface area contributed by atoms with E-state index in [9.17, 15) is 9.59 Å². The molecule has 19 heavy (non-hydrogen) atoms. The van der Waals surface area contributed by atoms with E-state index in [1.807, 2.05) is 0 Å². The van der Waals surface area contributed by atoms with Gasteiger partial charge in [0.25, 0.3) is 5.56 Å². The van der Waals surface area contributed by atoms with Gasteiger partial charge >= 0.3 is 0 Å². The molecule has 0 aliphatic heterocycles. The van der Waals surface area contributed by atoms with Crippen LogP contribution in [-0.2, 0) is 7.05 Å². The van der Waals surface area contributed by atoms with Crippen LogP contribution < -0.4 is 10.9 Å². The number of Topliss-reactive ketones (excluding diaryl/α,β-unsaturated/α-hetero) is 1. The number of anilines is 2. The summed E-state index contributed by atoms with van der Waals surface area (Å²) < 4.78 is 1.13. The van der Waals surface area contributed by atoms with Gasteiger partial charge in [-0.15, -0.1) is 0 Å². The largest absolute Gasteiger partial charge is 0.336 e. The van der Waals surface area contributed by atoms with Gasteiger partial charge in [-0.25, -0.2) is 9.67 Å². The Morgan fingerprint density at radius 1 is 1.42 bits per heavy atom. The van der Waals surface area contributed by atoms with Crippen molar-refractivity contribution in [1.29, 1.82) is 0 Å². The maximum atomic E-state index is 11.8. The molecule has 2 aromatic rings. The minimum Gasteiger partial charge on any atom is -0.336 e. The molecule has 6 nitrogen and oxygen atoms in total. The predicted molar refractivity (Wildman–Crippen MR) is 72.0 cm³/mol. The van der Waals surface area contributed by atoms with E-state index in [0.717, 1.165) is 4.68 Å². The molecule has 0 aliphatic carbocycles. The lowest BCUT2D eigenvalue weighted by atomic mass is 10.2. The maximum absolute atomic E-state index is 11.8. The highest BCUT2D eigenvalue weighted by Gasteiger charge is 2.06. The molecule has 2 rings (SSSR count). The summed E-state index contributed by atoms with van der Waals surface area (Å²) in [6.07, 6.45) is 1.44. The van der Waals surface area contributed by atoms with E-state index in [4.69, 9.17) is 11.6 Å². The van der Waals surface area contributed by atoms with Gasteiger partial charge in [0, 0.05) is 24.9 Å². The molecular weight excluding hydrogens is 268 g/mol. The molecule has 0 aliphatic rings. The second kappa shape index (κ2) is 5.19. The molecule has 98 valence electrons. The first-order valence-corrected chi connectivity index (χ1v) is 5.83. The number of aromatic nitrogens is 3. The van der Waals surface area contributed by atoms with Crippen LogP contribution in [-0.4, -0.2) is 20.5 Å². The number of hydrogen-bond donors (Lipinski definition) is 1. The van der Waals surface area contributed by atoms with Gasteiger partial charge in [0.15, 0.2) is 10.9 Å². The lowest BCUT2D eigenvalue weighted by Crippen LogP contribution is -2.22. The number of aryl methyl sites for hydroxylation is 1. The molecule has 0 unspecified atom stereocenters. The molecule has 0 atom stereocenters. The third-order valence-electron chi connectivity index (χ3n) is 2.47. The molecule has 0 radical (unpaired) electrons. The van der Waals surface area contributed by atoms with E-state index in [-0.39, 0.29) is 22.2 Å². The number of carbonyl (C=O) groups excluding carboxylic acids is 1. The van der Waals surface area contributed by atoms with Crippen LogP contribution in [0.1, 0.15) is 17.3 Å². The van der Waals surface area contributed by atoms with Crippen LogP contribution in [0.5, 0.6) is 0 Å². The van der Waals surface area contributed by atoms with Crippen LogP contribution in [0.2, 0.25) is 5.15 Å². The molecule has 0 bridgehead atoms. The highest BCUT2D eigenvalue weighted by Crippen LogP contribution is 2.13. The molecule has 0 saturated carbocycles. The van der Waals surface area contributed by atoms with Gasteiger partial charge in [-0.1, -0.05) is 11.6 Å². The predicted octanol–water partition coefficient (Wildman–Crippen LogP) is 1.77.